The summed E-state index contributed by atoms with van der Waals surface area (Å²) in [4.78, 5) is 0. The van der Waals surface area contributed by atoms with E-state index in [-0.39, 0.29) is 10.8 Å². The molecule has 0 nitrogen and oxygen atoms in total. The lowest BCUT2D eigenvalue weighted by atomic mass is 9.83. The molecule has 1 heteroatoms. The fraction of sp³-hybridized carbons (Fsp3) is 0.750. The average molecular weight is 147 g/mol. The molecular weight excluding hydrogens is 132 g/mol. The Hall–Kier alpha value is 0.0300. The van der Waals surface area contributed by atoms with Crippen LogP contribution in [-0.2, 0) is 0 Å². The highest BCUT2D eigenvalue weighted by Crippen LogP contribution is 2.31. The van der Waals surface area contributed by atoms with E-state index in [2.05, 4.69) is 20.4 Å². The third kappa shape index (κ3) is 2.02. The van der Waals surface area contributed by atoms with Gasteiger partial charge in [0.1, 0.15) is 0 Å². The molecule has 0 aromatic rings. The van der Waals surface area contributed by atoms with Crippen LogP contribution in [0.3, 0.4) is 0 Å². The molecule has 0 aromatic heterocycles. The maximum absolute atomic E-state index is 5.90. The van der Waals surface area contributed by atoms with Gasteiger partial charge in [0.25, 0.3) is 0 Å². The summed E-state index contributed by atoms with van der Waals surface area (Å²) in [6.45, 7) is 12.1. The van der Waals surface area contributed by atoms with Gasteiger partial charge in [-0.15, -0.1) is 11.6 Å². The Morgan fingerprint density at radius 3 is 1.89 bits per heavy atom. The first kappa shape index (κ1) is 9.03. The van der Waals surface area contributed by atoms with E-state index in [0.29, 0.717) is 0 Å². The fourth-order valence-corrected chi connectivity index (χ4v) is 0.526. The van der Waals surface area contributed by atoms with Gasteiger partial charge in [-0.05, 0) is 13.8 Å². The van der Waals surface area contributed by atoms with Crippen molar-refractivity contribution in [3.63, 3.8) is 0 Å². The Labute approximate surface area is 62.9 Å². The summed E-state index contributed by atoms with van der Waals surface area (Å²) in [6, 6.07) is 0. The average Bonchev–Trinajstić information content (AvgIpc) is 1.65. The Bertz CT molecular complexity index is 112. The molecule has 0 amide bonds. The lowest BCUT2D eigenvalue weighted by Gasteiger charge is -2.27. The van der Waals surface area contributed by atoms with Crippen LogP contribution in [0.1, 0.15) is 27.7 Å². The van der Waals surface area contributed by atoms with Crippen molar-refractivity contribution in [2.24, 2.45) is 5.41 Å². The zero-order valence-corrected chi connectivity index (χ0v) is 7.42. The van der Waals surface area contributed by atoms with Gasteiger partial charge < -0.3 is 0 Å². The lowest BCUT2D eigenvalue weighted by Crippen LogP contribution is -2.22. The molecule has 0 aromatic carbocycles. The minimum absolute atomic E-state index is 0.0710. The molecule has 54 valence electrons. The molecule has 0 N–H and O–H groups in total. The number of rotatable bonds is 2. The third-order valence-corrected chi connectivity index (χ3v) is 2.64. The molecule has 0 spiro atoms. The molecule has 1 atom stereocenters. The van der Waals surface area contributed by atoms with E-state index < -0.39 is 0 Å². The number of halogens is 1. The number of alkyl halides is 1. The van der Waals surface area contributed by atoms with Crippen molar-refractivity contribution >= 4 is 11.6 Å². The summed E-state index contributed by atoms with van der Waals surface area (Å²) in [6.07, 6.45) is 0. The third-order valence-electron chi connectivity index (χ3n) is 2.09. The van der Waals surface area contributed by atoms with Gasteiger partial charge in [-0.2, -0.15) is 0 Å². The summed E-state index contributed by atoms with van der Waals surface area (Å²) < 4.78 is 0. The Morgan fingerprint density at radius 2 is 1.89 bits per heavy atom. The summed E-state index contributed by atoms with van der Waals surface area (Å²) in [5.41, 5.74) is 1.21. The first-order valence-corrected chi connectivity index (χ1v) is 3.62. The predicted molar refractivity (Wildman–Crippen MR) is 43.9 cm³/mol. The molecule has 1 unspecified atom stereocenters. The van der Waals surface area contributed by atoms with Gasteiger partial charge in [0.2, 0.25) is 0 Å². The second kappa shape index (κ2) is 2.74. The molecule has 0 saturated heterocycles. The molecule has 0 heterocycles. The van der Waals surface area contributed by atoms with E-state index in [0.717, 1.165) is 5.57 Å². The second-order valence-corrected chi connectivity index (χ2v) is 3.77. The highest BCUT2D eigenvalue weighted by molar-refractivity contribution is 6.21. The zero-order chi connectivity index (χ0) is 7.65. The van der Waals surface area contributed by atoms with Gasteiger partial charge in [0, 0.05) is 10.8 Å². The molecule has 0 fully saturated rings. The smallest absolute Gasteiger partial charge is 0.0395 e. The Morgan fingerprint density at radius 1 is 1.56 bits per heavy atom. The van der Waals surface area contributed by atoms with E-state index in [9.17, 15) is 0 Å². The maximum atomic E-state index is 5.90. The van der Waals surface area contributed by atoms with Crippen LogP contribution in [0.15, 0.2) is 12.2 Å². The van der Waals surface area contributed by atoms with Crippen LogP contribution in [0.5, 0.6) is 0 Å². The monoisotopic (exact) mass is 146 g/mol. The van der Waals surface area contributed by atoms with Gasteiger partial charge in [-0.25, -0.2) is 0 Å². The van der Waals surface area contributed by atoms with Crippen LogP contribution in [-0.4, -0.2) is 5.38 Å². The SMILES string of the molecule is C=C(C)C(C)(C)C(C)Cl. The van der Waals surface area contributed by atoms with Crippen molar-refractivity contribution in [1.29, 1.82) is 0 Å². The topological polar surface area (TPSA) is 0 Å². The molecule has 0 bridgehead atoms. The van der Waals surface area contributed by atoms with Gasteiger partial charge in [0.15, 0.2) is 0 Å². The van der Waals surface area contributed by atoms with E-state index in [1.54, 1.807) is 0 Å². The summed E-state index contributed by atoms with van der Waals surface area (Å²) in [5.74, 6) is 0. The largest absolute Gasteiger partial charge is 0.122 e. The second-order valence-electron chi connectivity index (χ2n) is 3.12. The summed E-state index contributed by atoms with van der Waals surface area (Å²) in [5, 5.41) is 0.162. The van der Waals surface area contributed by atoms with Gasteiger partial charge in [0.05, 0.1) is 0 Å². The quantitative estimate of drug-likeness (QED) is 0.415. The van der Waals surface area contributed by atoms with Crippen molar-refractivity contribution in [2.75, 3.05) is 0 Å². The zero-order valence-electron chi connectivity index (χ0n) is 6.66. The first-order chi connectivity index (χ1) is 3.89. The normalized spacial score (nSPS) is 15.2. The summed E-state index contributed by atoms with van der Waals surface area (Å²) in [7, 11) is 0. The van der Waals surface area contributed by atoms with Crippen molar-refractivity contribution in [3.8, 4) is 0 Å². The standard InChI is InChI=1S/C8H15Cl/c1-6(2)8(4,5)7(3)9/h7H,1H2,2-5H3. The number of allylic oxidation sites excluding steroid dienone is 1. The van der Waals surface area contributed by atoms with Crippen LogP contribution in [0.4, 0.5) is 0 Å². The Kier molecular flexibility index (Phi) is 2.75. The van der Waals surface area contributed by atoms with Gasteiger partial charge in [-0.3, -0.25) is 0 Å². The highest BCUT2D eigenvalue weighted by atomic mass is 35.5. The molecule has 0 aliphatic heterocycles. The molecular formula is C8H15Cl. The molecule has 0 radical (unpaired) electrons. The first-order valence-electron chi connectivity index (χ1n) is 3.19. The molecule has 0 aliphatic rings. The van der Waals surface area contributed by atoms with Crippen LogP contribution >= 0.6 is 11.6 Å². The minimum atomic E-state index is 0.0710. The van der Waals surface area contributed by atoms with Gasteiger partial charge >= 0.3 is 0 Å². The number of hydrogen-bond donors (Lipinski definition) is 0. The molecule has 0 aliphatic carbocycles. The van der Waals surface area contributed by atoms with E-state index in [1.165, 1.54) is 0 Å². The van der Waals surface area contributed by atoms with Crippen LogP contribution in [0, 0.1) is 5.41 Å². The molecule has 9 heavy (non-hydrogen) atoms. The van der Waals surface area contributed by atoms with E-state index in [4.69, 9.17) is 11.6 Å². The van der Waals surface area contributed by atoms with Crippen LogP contribution in [0.2, 0.25) is 0 Å². The van der Waals surface area contributed by atoms with Crippen LogP contribution in [0.25, 0.3) is 0 Å². The van der Waals surface area contributed by atoms with Gasteiger partial charge in [-0.1, -0.05) is 26.0 Å². The fourth-order valence-electron chi connectivity index (χ4n) is 0.340. The summed E-state index contributed by atoms with van der Waals surface area (Å²) >= 11 is 5.90. The van der Waals surface area contributed by atoms with E-state index >= 15 is 0 Å². The van der Waals surface area contributed by atoms with Crippen molar-refractivity contribution in [3.05, 3.63) is 12.2 Å². The minimum Gasteiger partial charge on any atom is -0.122 e. The highest BCUT2D eigenvalue weighted by Gasteiger charge is 2.24. The Balaban J connectivity index is 4.19. The van der Waals surface area contributed by atoms with Crippen molar-refractivity contribution in [1.82, 2.24) is 0 Å². The number of hydrogen-bond acceptors (Lipinski definition) is 0. The molecule has 0 rings (SSSR count). The lowest BCUT2D eigenvalue weighted by molar-refractivity contribution is 0.439. The molecule has 0 saturated carbocycles. The van der Waals surface area contributed by atoms with Crippen molar-refractivity contribution in [2.45, 2.75) is 33.1 Å². The van der Waals surface area contributed by atoms with E-state index in [1.807, 2.05) is 13.8 Å². The van der Waals surface area contributed by atoms with Crippen LogP contribution < -0.4 is 0 Å². The van der Waals surface area contributed by atoms with Crippen molar-refractivity contribution < 1.29 is 0 Å². The maximum Gasteiger partial charge on any atom is 0.0395 e. The predicted octanol–water partition coefficient (Wildman–Crippen LogP) is 3.22.